The standard InChI is InChI=1S/C45H65N7O10/c1-7-28(3)37-42(57)47-34(24-22-31-17-11-9-12-18-31)43(58)52(6)36(25-23-32-19-13-10-14-20-32)41(56)48-35(27-62-30(5)53)39(54)46-26-16-15-21-33(40(55)50-37)49-45(61)51-38(44(59)60)29(4)8-2/h9-14,17-20,28-29,33-38H,7-8,15-16,21-27H2,1-6H3,(H,46,54)(H,47,57)(H,48,56)(H,50,55)(H,59,60)(H2,49,51,61)/t28-,29-,33-,34-,35+,36+,37+,38+/m0/s1. The first-order valence-electron chi connectivity index (χ1n) is 21.5. The number of aliphatic carboxylic acids is 1. The fourth-order valence-corrected chi connectivity index (χ4v) is 7.03. The van der Waals surface area contributed by atoms with Crippen LogP contribution in [0, 0.1) is 11.8 Å². The van der Waals surface area contributed by atoms with E-state index in [1.807, 2.05) is 67.6 Å². The second kappa shape index (κ2) is 25.7. The minimum absolute atomic E-state index is 0.0325. The molecule has 0 bridgehead atoms. The van der Waals surface area contributed by atoms with Gasteiger partial charge in [-0.3, -0.25) is 28.8 Å². The Balaban J connectivity index is 2.07. The lowest BCUT2D eigenvalue weighted by Crippen LogP contribution is -2.61. The van der Waals surface area contributed by atoms with E-state index in [4.69, 9.17) is 4.74 Å². The zero-order valence-corrected chi connectivity index (χ0v) is 36.7. The molecule has 2 aromatic rings. The van der Waals surface area contributed by atoms with Gasteiger partial charge in [-0.1, -0.05) is 101 Å². The first kappa shape index (κ1) is 50.4. The van der Waals surface area contributed by atoms with E-state index < -0.39 is 102 Å². The number of urea groups is 1. The number of hydrogen-bond donors (Lipinski definition) is 7. The molecule has 0 unspecified atom stereocenters. The summed E-state index contributed by atoms with van der Waals surface area (Å²) in [7, 11) is 1.45. The third kappa shape index (κ3) is 16.1. The number of nitrogens with zero attached hydrogens (tertiary/aromatic N) is 1. The van der Waals surface area contributed by atoms with Crippen molar-refractivity contribution in [3.63, 3.8) is 0 Å². The number of benzene rings is 2. The van der Waals surface area contributed by atoms with Gasteiger partial charge in [0.1, 0.15) is 42.9 Å². The van der Waals surface area contributed by atoms with Gasteiger partial charge in [0.15, 0.2) is 0 Å². The van der Waals surface area contributed by atoms with Gasteiger partial charge >= 0.3 is 18.0 Å². The molecule has 1 aliphatic heterocycles. The number of carbonyl (C=O) groups is 8. The SMILES string of the molecule is CC[C@H](C)[C@@H](NC(=O)N[C@H]1CCCCNC(=O)[C@@H](COC(C)=O)NC(=O)[C@@H](CCc2ccccc2)N(C)C(=O)[C@H](CCc2ccccc2)NC(=O)[C@@H]([C@@H](C)CC)NC1=O)C(=O)O. The second-order valence-corrected chi connectivity index (χ2v) is 16.0. The van der Waals surface area contributed by atoms with Gasteiger partial charge in [0.05, 0.1) is 0 Å². The number of carboxylic acid groups (broad SMARTS) is 1. The van der Waals surface area contributed by atoms with Gasteiger partial charge < -0.3 is 46.6 Å². The molecule has 0 saturated carbocycles. The highest BCUT2D eigenvalue weighted by Crippen LogP contribution is 2.17. The zero-order chi connectivity index (χ0) is 45.8. The number of likely N-dealkylation sites (N-methyl/N-ethyl adjacent to an activating group) is 1. The average molecular weight is 864 g/mol. The van der Waals surface area contributed by atoms with E-state index in [1.54, 1.807) is 20.8 Å². The summed E-state index contributed by atoms with van der Waals surface area (Å²) in [6.45, 7) is 7.82. The molecule has 0 aliphatic carbocycles. The average Bonchev–Trinajstić information content (AvgIpc) is 3.26. The summed E-state index contributed by atoms with van der Waals surface area (Å²) in [5.41, 5.74) is 1.79. The monoisotopic (exact) mass is 863 g/mol. The highest BCUT2D eigenvalue weighted by atomic mass is 16.5. The molecule has 1 heterocycles. The first-order chi connectivity index (χ1) is 29.6. The van der Waals surface area contributed by atoms with E-state index in [0.717, 1.165) is 11.1 Å². The van der Waals surface area contributed by atoms with E-state index >= 15 is 0 Å². The molecule has 17 heteroatoms. The summed E-state index contributed by atoms with van der Waals surface area (Å²) in [5, 5.41) is 25.9. The Labute approximate surface area is 364 Å². The van der Waals surface area contributed by atoms with Crippen LogP contribution in [0.2, 0.25) is 0 Å². The molecule has 340 valence electrons. The Morgan fingerprint density at radius 3 is 1.95 bits per heavy atom. The quantitative estimate of drug-likeness (QED) is 0.129. The molecular weight excluding hydrogens is 799 g/mol. The van der Waals surface area contributed by atoms with Crippen molar-refractivity contribution in [2.45, 2.75) is 129 Å². The highest BCUT2D eigenvalue weighted by Gasteiger charge is 2.37. The van der Waals surface area contributed by atoms with Crippen molar-refractivity contribution in [2.75, 3.05) is 20.2 Å². The van der Waals surface area contributed by atoms with Crippen LogP contribution < -0.4 is 31.9 Å². The third-order valence-electron chi connectivity index (χ3n) is 11.3. The van der Waals surface area contributed by atoms with Gasteiger partial charge in [-0.2, -0.15) is 0 Å². The molecule has 8 atom stereocenters. The topological polar surface area (TPSA) is 241 Å². The summed E-state index contributed by atoms with van der Waals surface area (Å²) < 4.78 is 5.16. The smallest absolute Gasteiger partial charge is 0.326 e. The number of esters is 1. The molecule has 2 aromatic carbocycles. The van der Waals surface area contributed by atoms with Crippen LogP contribution >= 0.6 is 0 Å². The number of hydrogen-bond acceptors (Lipinski definition) is 9. The maximum absolute atomic E-state index is 14.7. The largest absolute Gasteiger partial charge is 0.480 e. The normalized spacial score (nSPS) is 22.5. The number of amides is 7. The van der Waals surface area contributed by atoms with E-state index in [2.05, 4.69) is 31.9 Å². The van der Waals surface area contributed by atoms with Gasteiger partial charge in [-0.25, -0.2) is 9.59 Å². The molecule has 62 heavy (non-hydrogen) atoms. The van der Waals surface area contributed by atoms with Gasteiger partial charge in [-0.15, -0.1) is 0 Å². The second-order valence-electron chi connectivity index (χ2n) is 16.0. The maximum atomic E-state index is 14.7. The Bertz CT molecular complexity index is 1810. The van der Waals surface area contributed by atoms with Crippen molar-refractivity contribution in [1.29, 1.82) is 0 Å². The molecular formula is C45H65N7O10. The van der Waals surface area contributed by atoms with Crippen LogP contribution in [-0.4, -0.2) is 114 Å². The van der Waals surface area contributed by atoms with Crippen molar-refractivity contribution >= 4 is 47.5 Å². The molecule has 3 rings (SSSR count). The molecule has 7 amide bonds. The summed E-state index contributed by atoms with van der Waals surface area (Å²) in [6.07, 6.45) is 2.52. The summed E-state index contributed by atoms with van der Waals surface area (Å²) in [4.78, 5) is 109. The van der Waals surface area contributed by atoms with E-state index in [0.29, 0.717) is 32.1 Å². The fraction of sp³-hybridized carbons (Fsp3) is 0.556. The number of aryl methyl sites for hydroxylation is 2. The van der Waals surface area contributed by atoms with E-state index in [-0.39, 0.29) is 32.2 Å². The lowest BCUT2D eigenvalue weighted by atomic mass is 9.96. The lowest BCUT2D eigenvalue weighted by molar-refractivity contribution is -0.146. The summed E-state index contributed by atoms with van der Waals surface area (Å²) >= 11 is 0. The van der Waals surface area contributed by atoms with Crippen LogP contribution in [0.15, 0.2) is 60.7 Å². The van der Waals surface area contributed by atoms with Crippen LogP contribution in [0.5, 0.6) is 0 Å². The summed E-state index contributed by atoms with van der Waals surface area (Å²) in [6, 6.07) is 10.5. The summed E-state index contributed by atoms with van der Waals surface area (Å²) in [5.74, 6) is -6.08. The highest BCUT2D eigenvalue weighted by molar-refractivity contribution is 5.96. The van der Waals surface area contributed by atoms with Gasteiger partial charge in [-0.05, 0) is 67.9 Å². The number of nitrogens with one attached hydrogen (secondary N) is 6. The third-order valence-corrected chi connectivity index (χ3v) is 11.3. The molecule has 17 nitrogen and oxygen atoms in total. The minimum Gasteiger partial charge on any atom is -0.480 e. The Morgan fingerprint density at radius 1 is 0.790 bits per heavy atom. The van der Waals surface area contributed by atoms with Gasteiger partial charge in [0.2, 0.25) is 29.5 Å². The van der Waals surface area contributed by atoms with Crippen LogP contribution in [0.1, 0.15) is 90.7 Å². The van der Waals surface area contributed by atoms with Crippen LogP contribution in [-0.2, 0) is 51.1 Å². The van der Waals surface area contributed by atoms with E-state index in [1.165, 1.54) is 18.9 Å². The Hall–Kier alpha value is -6.00. The molecule has 0 radical (unpaired) electrons. The predicted octanol–water partition coefficient (Wildman–Crippen LogP) is 2.61. The van der Waals surface area contributed by atoms with Gasteiger partial charge in [0, 0.05) is 20.5 Å². The van der Waals surface area contributed by atoms with Crippen LogP contribution in [0.4, 0.5) is 4.79 Å². The van der Waals surface area contributed by atoms with Crippen molar-refractivity contribution in [1.82, 2.24) is 36.8 Å². The number of ether oxygens (including phenoxy) is 1. The molecule has 1 fully saturated rings. The number of carboxylic acids is 1. The zero-order valence-electron chi connectivity index (χ0n) is 36.7. The van der Waals surface area contributed by atoms with Crippen LogP contribution in [0.25, 0.3) is 0 Å². The van der Waals surface area contributed by atoms with Gasteiger partial charge in [0.25, 0.3) is 0 Å². The predicted molar refractivity (Wildman–Crippen MR) is 231 cm³/mol. The minimum atomic E-state index is -1.34. The fourth-order valence-electron chi connectivity index (χ4n) is 7.03. The number of carbonyl (C=O) groups excluding carboxylic acids is 7. The van der Waals surface area contributed by atoms with Crippen molar-refractivity contribution in [3.8, 4) is 0 Å². The van der Waals surface area contributed by atoms with Crippen LogP contribution in [0.3, 0.4) is 0 Å². The van der Waals surface area contributed by atoms with Crippen molar-refractivity contribution < 1.29 is 48.2 Å². The molecule has 7 N–H and O–H groups in total. The Morgan fingerprint density at radius 2 is 1.39 bits per heavy atom. The molecule has 1 saturated heterocycles. The first-order valence-corrected chi connectivity index (χ1v) is 21.5. The number of rotatable bonds is 15. The van der Waals surface area contributed by atoms with Crippen molar-refractivity contribution in [2.24, 2.45) is 11.8 Å². The maximum Gasteiger partial charge on any atom is 0.326 e. The Kier molecular flexibility index (Phi) is 20.9. The van der Waals surface area contributed by atoms with E-state index in [9.17, 15) is 43.5 Å². The molecule has 0 aromatic heterocycles. The lowest BCUT2D eigenvalue weighted by Gasteiger charge is -2.33. The molecule has 1 aliphatic rings. The molecule has 0 spiro atoms. The van der Waals surface area contributed by atoms with Crippen molar-refractivity contribution in [3.05, 3.63) is 71.8 Å².